The lowest BCUT2D eigenvalue weighted by Gasteiger charge is -2.33. The number of nitrogens with zero attached hydrogens (tertiary/aromatic N) is 2. The highest BCUT2D eigenvalue weighted by atomic mass is 16.4. The first-order valence-electron chi connectivity index (χ1n) is 7.33. The van der Waals surface area contributed by atoms with Gasteiger partial charge in [0.25, 0.3) is 0 Å². The molecule has 0 atom stereocenters. The van der Waals surface area contributed by atoms with Crippen LogP contribution in [0.2, 0.25) is 0 Å². The highest BCUT2D eigenvalue weighted by Crippen LogP contribution is 2.28. The zero-order valence-electron chi connectivity index (χ0n) is 12.6. The zero-order valence-corrected chi connectivity index (χ0v) is 12.6. The maximum absolute atomic E-state index is 12.5. The summed E-state index contributed by atoms with van der Waals surface area (Å²) in [7, 11) is 1.73. The Balaban J connectivity index is 2.05. The average molecular weight is 290 g/mol. The molecule has 1 aliphatic rings. The highest BCUT2D eigenvalue weighted by molar-refractivity contribution is 5.93. The molecule has 5 nitrogen and oxygen atoms in total. The largest absolute Gasteiger partial charge is 0.481 e. The zero-order chi connectivity index (χ0) is 15.4. The number of carbonyl (C=O) groups excluding carboxylic acids is 1. The molecule has 0 spiro atoms. The molecule has 0 aromatic heterocycles. The van der Waals surface area contributed by atoms with Crippen LogP contribution in [-0.4, -0.2) is 42.1 Å². The molecular formula is C16H22N2O3. The van der Waals surface area contributed by atoms with E-state index in [9.17, 15) is 9.59 Å². The molecule has 114 valence electrons. The molecule has 0 unspecified atom stereocenters. The monoisotopic (exact) mass is 290 g/mol. The second kappa shape index (κ2) is 6.61. The summed E-state index contributed by atoms with van der Waals surface area (Å²) in [6.07, 6.45) is 2.54. The number of hydrogen-bond donors (Lipinski definition) is 1. The molecule has 1 aromatic carbocycles. The Morgan fingerprint density at radius 2 is 2.14 bits per heavy atom. The van der Waals surface area contributed by atoms with E-state index in [0.29, 0.717) is 13.0 Å². The van der Waals surface area contributed by atoms with Crippen molar-refractivity contribution in [2.75, 3.05) is 25.0 Å². The van der Waals surface area contributed by atoms with Gasteiger partial charge in [-0.1, -0.05) is 17.7 Å². The van der Waals surface area contributed by atoms with E-state index in [-0.39, 0.29) is 12.5 Å². The Labute approximate surface area is 125 Å². The number of carbonyl (C=O) groups is 2. The van der Waals surface area contributed by atoms with Crippen LogP contribution in [0.25, 0.3) is 0 Å². The number of aryl methyl sites for hydroxylation is 2. The van der Waals surface area contributed by atoms with Crippen LogP contribution in [0.5, 0.6) is 0 Å². The lowest BCUT2D eigenvalue weighted by Crippen LogP contribution is -2.44. The number of aliphatic carboxylic acids is 1. The molecule has 1 heterocycles. The van der Waals surface area contributed by atoms with Gasteiger partial charge in [-0.2, -0.15) is 0 Å². The van der Waals surface area contributed by atoms with Crippen molar-refractivity contribution in [2.24, 2.45) is 0 Å². The van der Waals surface area contributed by atoms with E-state index in [1.54, 1.807) is 16.8 Å². The number of carboxylic acids is 1. The molecule has 1 aromatic rings. The van der Waals surface area contributed by atoms with Crippen molar-refractivity contribution in [3.05, 3.63) is 29.3 Å². The molecule has 1 aliphatic heterocycles. The highest BCUT2D eigenvalue weighted by Gasteiger charge is 2.24. The van der Waals surface area contributed by atoms with Gasteiger partial charge in [-0.3, -0.25) is 9.69 Å². The first kappa shape index (κ1) is 15.4. The van der Waals surface area contributed by atoms with Gasteiger partial charge in [0.15, 0.2) is 0 Å². The standard InChI is InChI=1S/C16H22N2O3/c1-12-7-8-14-13(11-12)5-3-10-18(14)16(21)17(2)9-4-6-15(19)20/h7-8,11H,3-6,9-10H2,1-2H3,(H,19,20). The minimum Gasteiger partial charge on any atom is -0.481 e. The minimum atomic E-state index is -0.824. The Hall–Kier alpha value is -2.04. The van der Waals surface area contributed by atoms with Crippen molar-refractivity contribution in [1.29, 1.82) is 0 Å². The Kier molecular flexibility index (Phi) is 4.83. The van der Waals surface area contributed by atoms with Gasteiger partial charge < -0.3 is 10.0 Å². The fourth-order valence-corrected chi connectivity index (χ4v) is 2.69. The van der Waals surface area contributed by atoms with Crippen LogP contribution < -0.4 is 4.90 Å². The number of amides is 2. The third kappa shape index (κ3) is 3.74. The van der Waals surface area contributed by atoms with E-state index < -0.39 is 5.97 Å². The molecule has 0 saturated carbocycles. The van der Waals surface area contributed by atoms with Gasteiger partial charge in [-0.15, -0.1) is 0 Å². The number of rotatable bonds is 4. The minimum absolute atomic E-state index is 0.0507. The van der Waals surface area contributed by atoms with Crippen molar-refractivity contribution in [1.82, 2.24) is 4.90 Å². The molecule has 0 saturated heterocycles. The van der Waals surface area contributed by atoms with Gasteiger partial charge in [-0.05, 0) is 37.8 Å². The number of anilines is 1. The molecule has 1 N–H and O–H groups in total. The van der Waals surface area contributed by atoms with Crippen molar-refractivity contribution >= 4 is 17.7 Å². The number of carboxylic acid groups (broad SMARTS) is 1. The Morgan fingerprint density at radius 1 is 1.38 bits per heavy atom. The molecule has 2 rings (SSSR count). The van der Waals surface area contributed by atoms with Gasteiger partial charge in [0.1, 0.15) is 0 Å². The van der Waals surface area contributed by atoms with E-state index in [0.717, 1.165) is 25.1 Å². The molecule has 5 heteroatoms. The lowest BCUT2D eigenvalue weighted by atomic mass is 10.00. The molecular weight excluding hydrogens is 268 g/mol. The van der Waals surface area contributed by atoms with Gasteiger partial charge in [0.05, 0.1) is 0 Å². The third-order valence-corrected chi connectivity index (χ3v) is 3.80. The van der Waals surface area contributed by atoms with Crippen LogP contribution in [0.15, 0.2) is 18.2 Å². The van der Waals surface area contributed by atoms with Gasteiger partial charge in [-0.25, -0.2) is 4.79 Å². The fourth-order valence-electron chi connectivity index (χ4n) is 2.69. The molecule has 0 aliphatic carbocycles. The predicted octanol–water partition coefficient (Wildman–Crippen LogP) is 2.66. The summed E-state index contributed by atoms with van der Waals surface area (Å²) in [6.45, 7) is 3.24. The summed E-state index contributed by atoms with van der Waals surface area (Å²) in [5, 5.41) is 8.66. The summed E-state index contributed by atoms with van der Waals surface area (Å²) < 4.78 is 0. The summed E-state index contributed by atoms with van der Waals surface area (Å²) in [4.78, 5) is 26.5. The van der Waals surface area contributed by atoms with Crippen LogP contribution in [-0.2, 0) is 11.2 Å². The van der Waals surface area contributed by atoms with Crippen molar-refractivity contribution in [3.8, 4) is 0 Å². The summed E-state index contributed by atoms with van der Waals surface area (Å²) in [5.41, 5.74) is 3.41. The van der Waals surface area contributed by atoms with E-state index in [1.165, 1.54) is 11.1 Å². The third-order valence-electron chi connectivity index (χ3n) is 3.80. The first-order chi connectivity index (χ1) is 9.99. The van der Waals surface area contributed by atoms with E-state index in [2.05, 4.69) is 13.0 Å². The maximum atomic E-state index is 12.5. The van der Waals surface area contributed by atoms with Gasteiger partial charge in [0.2, 0.25) is 0 Å². The van der Waals surface area contributed by atoms with E-state index in [4.69, 9.17) is 5.11 Å². The first-order valence-corrected chi connectivity index (χ1v) is 7.33. The second-order valence-electron chi connectivity index (χ2n) is 5.59. The molecule has 0 bridgehead atoms. The summed E-state index contributed by atoms with van der Waals surface area (Å²) >= 11 is 0. The van der Waals surface area contributed by atoms with Gasteiger partial charge in [0, 0.05) is 32.2 Å². The summed E-state index contributed by atoms with van der Waals surface area (Å²) in [5.74, 6) is -0.824. The van der Waals surface area contributed by atoms with Crippen molar-refractivity contribution < 1.29 is 14.7 Å². The average Bonchev–Trinajstić information content (AvgIpc) is 2.45. The summed E-state index contributed by atoms with van der Waals surface area (Å²) in [6, 6.07) is 6.12. The van der Waals surface area contributed by atoms with Crippen molar-refractivity contribution in [2.45, 2.75) is 32.6 Å². The number of hydrogen-bond acceptors (Lipinski definition) is 2. The van der Waals surface area contributed by atoms with Crippen LogP contribution in [0.4, 0.5) is 10.5 Å². The Morgan fingerprint density at radius 3 is 2.86 bits per heavy atom. The predicted molar refractivity (Wildman–Crippen MR) is 81.7 cm³/mol. The Bertz CT molecular complexity index is 542. The van der Waals surface area contributed by atoms with Crippen LogP contribution in [0, 0.1) is 6.92 Å². The van der Waals surface area contributed by atoms with Crippen LogP contribution in [0.3, 0.4) is 0 Å². The topological polar surface area (TPSA) is 60.9 Å². The molecule has 0 radical (unpaired) electrons. The molecule has 0 fully saturated rings. The maximum Gasteiger partial charge on any atom is 0.324 e. The molecule has 2 amide bonds. The van der Waals surface area contributed by atoms with E-state index in [1.807, 2.05) is 12.1 Å². The van der Waals surface area contributed by atoms with Crippen LogP contribution >= 0.6 is 0 Å². The number of urea groups is 1. The molecule has 21 heavy (non-hydrogen) atoms. The second-order valence-corrected chi connectivity index (χ2v) is 5.59. The van der Waals surface area contributed by atoms with Crippen molar-refractivity contribution in [3.63, 3.8) is 0 Å². The SMILES string of the molecule is Cc1ccc2c(c1)CCCN2C(=O)N(C)CCCC(=O)O. The van der Waals surface area contributed by atoms with Gasteiger partial charge >= 0.3 is 12.0 Å². The fraction of sp³-hybridized carbons (Fsp3) is 0.500. The smallest absolute Gasteiger partial charge is 0.324 e. The van der Waals surface area contributed by atoms with E-state index >= 15 is 0 Å². The lowest BCUT2D eigenvalue weighted by molar-refractivity contribution is -0.137. The number of benzene rings is 1. The number of fused-ring (bicyclic) bond motifs is 1. The quantitative estimate of drug-likeness (QED) is 0.927. The normalized spacial score (nSPS) is 13.7. The van der Waals surface area contributed by atoms with Crippen LogP contribution in [0.1, 0.15) is 30.4 Å².